The quantitative estimate of drug-likeness (QED) is 0.441. The van der Waals surface area contributed by atoms with Crippen molar-refractivity contribution in [1.29, 1.82) is 0 Å². The highest BCUT2D eigenvalue weighted by Crippen LogP contribution is 2.29. The maximum absolute atomic E-state index is 13.3. The number of hydrogen-bond donors (Lipinski definition) is 2. The molecule has 0 bridgehead atoms. The van der Waals surface area contributed by atoms with Crippen molar-refractivity contribution in [2.24, 2.45) is 5.14 Å². The normalized spacial score (nSPS) is 12.1. The van der Waals surface area contributed by atoms with Gasteiger partial charge in [-0.15, -0.1) is 0 Å². The summed E-state index contributed by atoms with van der Waals surface area (Å²) >= 11 is 3.17. The molecular weight excluding hydrogens is 457 g/mol. The molecular formula is C21H15BrFN3O2S. The van der Waals surface area contributed by atoms with Crippen LogP contribution in [0, 0.1) is 5.82 Å². The van der Waals surface area contributed by atoms with E-state index in [1.807, 2.05) is 18.2 Å². The Balaban J connectivity index is 1.70. The molecule has 4 rings (SSSR count). The van der Waals surface area contributed by atoms with Gasteiger partial charge in [0.25, 0.3) is 0 Å². The highest BCUT2D eigenvalue weighted by atomic mass is 79.9. The second-order valence-corrected chi connectivity index (χ2v) is 8.79. The van der Waals surface area contributed by atoms with Crippen LogP contribution in [0.1, 0.15) is 11.4 Å². The van der Waals surface area contributed by atoms with Crippen LogP contribution in [0.15, 0.2) is 70.0 Å². The number of nitrogens with one attached hydrogen (secondary N) is 1. The van der Waals surface area contributed by atoms with Crippen molar-refractivity contribution in [1.82, 2.24) is 9.97 Å². The van der Waals surface area contributed by atoms with Crippen molar-refractivity contribution in [3.05, 3.63) is 82.3 Å². The summed E-state index contributed by atoms with van der Waals surface area (Å²) < 4.78 is 37.5. The fraction of sp³-hybridized carbons (Fsp3) is 0. The number of benzene rings is 3. The predicted octanol–water partition coefficient (Wildman–Crippen LogP) is 4.95. The van der Waals surface area contributed by atoms with Crippen molar-refractivity contribution in [3.63, 3.8) is 0 Å². The molecule has 0 spiro atoms. The first-order valence-electron chi connectivity index (χ1n) is 8.56. The minimum Gasteiger partial charge on any atom is -0.338 e. The van der Waals surface area contributed by atoms with Gasteiger partial charge >= 0.3 is 0 Å². The molecule has 3 N–H and O–H groups in total. The lowest BCUT2D eigenvalue weighted by Gasteiger charge is -2.07. The van der Waals surface area contributed by atoms with Crippen molar-refractivity contribution < 1.29 is 12.8 Å². The van der Waals surface area contributed by atoms with Gasteiger partial charge in [0.1, 0.15) is 11.6 Å². The Morgan fingerprint density at radius 3 is 2.59 bits per heavy atom. The number of halogens is 2. The summed E-state index contributed by atoms with van der Waals surface area (Å²) in [5, 5.41) is 5.34. The van der Waals surface area contributed by atoms with Crippen LogP contribution in [0.5, 0.6) is 0 Å². The highest BCUT2D eigenvalue weighted by Gasteiger charge is 2.15. The smallest absolute Gasteiger partial charge is 0.238 e. The molecule has 0 saturated carbocycles. The summed E-state index contributed by atoms with van der Waals surface area (Å²) in [6.07, 6.45) is 3.61. The number of hydrogen-bond acceptors (Lipinski definition) is 3. The third-order valence-electron chi connectivity index (χ3n) is 4.38. The van der Waals surface area contributed by atoms with E-state index >= 15 is 0 Å². The summed E-state index contributed by atoms with van der Waals surface area (Å²) in [6.45, 7) is 0. The minimum atomic E-state index is -3.84. The van der Waals surface area contributed by atoms with Gasteiger partial charge in [-0.1, -0.05) is 36.4 Å². The van der Waals surface area contributed by atoms with Crippen molar-refractivity contribution >= 4 is 49.1 Å². The van der Waals surface area contributed by atoms with Crippen LogP contribution in [0.4, 0.5) is 4.39 Å². The van der Waals surface area contributed by atoms with Gasteiger partial charge in [-0.3, -0.25) is 0 Å². The van der Waals surface area contributed by atoms with E-state index < -0.39 is 10.0 Å². The molecule has 0 radical (unpaired) electrons. The van der Waals surface area contributed by atoms with Gasteiger partial charge in [-0.25, -0.2) is 22.9 Å². The van der Waals surface area contributed by atoms with E-state index in [0.29, 0.717) is 21.4 Å². The average molecular weight is 472 g/mol. The van der Waals surface area contributed by atoms with E-state index in [4.69, 9.17) is 5.14 Å². The molecule has 1 aromatic heterocycles. The number of aromatic nitrogens is 2. The first-order valence-corrected chi connectivity index (χ1v) is 10.9. The Morgan fingerprint density at radius 1 is 1.03 bits per heavy atom. The van der Waals surface area contributed by atoms with E-state index in [1.54, 1.807) is 42.5 Å². The molecule has 4 aromatic rings. The van der Waals surface area contributed by atoms with Crippen molar-refractivity contribution in [2.75, 3.05) is 0 Å². The molecule has 29 heavy (non-hydrogen) atoms. The Bertz CT molecular complexity index is 1360. The Morgan fingerprint density at radius 2 is 1.83 bits per heavy atom. The Kier molecular flexibility index (Phi) is 5.08. The molecule has 0 fully saturated rings. The van der Waals surface area contributed by atoms with Crippen molar-refractivity contribution in [2.45, 2.75) is 4.90 Å². The van der Waals surface area contributed by atoms with Crippen LogP contribution in [0.25, 0.3) is 34.3 Å². The molecule has 0 aliphatic rings. The number of H-pyrrole nitrogens is 1. The average Bonchev–Trinajstić information content (AvgIpc) is 3.10. The van der Waals surface area contributed by atoms with E-state index in [0.717, 1.165) is 16.6 Å². The first-order chi connectivity index (χ1) is 13.8. The zero-order valence-electron chi connectivity index (χ0n) is 14.9. The maximum Gasteiger partial charge on any atom is 0.238 e. The Labute approximate surface area is 175 Å². The van der Waals surface area contributed by atoms with E-state index in [9.17, 15) is 12.8 Å². The third kappa shape index (κ3) is 4.14. The molecule has 1 heterocycles. The molecule has 146 valence electrons. The lowest BCUT2D eigenvalue weighted by molar-refractivity contribution is 0.598. The molecule has 5 nitrogen and oxygen atoms in total. The molecule has 0 unspecified atom stereocenters. The highest BCUT2D eigenvalue weighted by molar-refractivity contribution is 9.10. The minimum absolute atomic E-state index is 0.0703. The number of nitrogens with zero attached hydrogens (tertiary/aromatic N) is 1. The summed E-state index contributed by atoms with van der Waals surface area (Å²) in [5.74, 6) is 0.301. The summed E-state index contributed by atoms with van der Waals surface area (Å²) in [6, 6.07) is 16.8. The molecule has 3 aromatic carbocycles. The summed E-state index contributed by atoms with van der Waals surface area (Å²) in [4.78, 5) is 7.77. The SMILES string of the molecule is NS(=O)(=O)c1ccccc1-c1ccc2nc(/C=C/c3ccc(F)c(Br)c3)[nH]c2c1. The first kappa shape index (κ1) is 19.5. The fourth-order valence-corrected chi connectivity index (χ4v) is 4.18. The number of aromatic amines is 1. The summed E-state index contributed by atoms with van der Waals surface area (Å²) in [7, 11) is -3.84. The number of sulfonamides is 1. The standard InChI is InChI=1S/C21H15BrFN3O2S/c22-16-11-13(5-8-17(16)23)6-10-21-25-18-9-7-14(12-19(18)26-21)15-3-1-2-4-20(15)29(24,27)28/h1-12H,(H,25,26)(H2,24,27,28)/b10-6+. The van der Waals surface area contributed by atoms with Crippen LogP contribution in [0.2, 0.25) is 0 Å². The van der Waals surface area contributed by atoms with Gasteiger partial charge in [0.05, 0.1) is 20.4 Å². The number of rotatable bonds is 4. The topological polar surface area (TPSA) is 88.8 Å². The second-order valence-electron chi connectivity index (χ2n) is 6.40. The number of fused-ring (bicyclic) bond motifs is 1. The van der Waals surface area contributed by atoms with Gasteiger partial charge in [0.2, 0.25) is 10.0 Å². The van der Waals surface area contributed by atoms with Crippen LogP contribution in [0.3, 0.4) is 0 Å². The molecule has 8 heteroatoms. The molecule has 0 saturated heterocycles. The van der Waals surface area contributed by atoms with Crippen LogP contribution in [-0.2, 0) is 10.0 Å². The lowest BCUT2D eigenvalue weighted by Crippen LogP contribution is -2.13. The molecule has 0 aliphatic carbocycles. The molecule has 0 atom stereocenters. The third-order valence-corrected chi connectivity index (χ3v) is 5.96. The number of primary sulfonamides is 1. The van der Waals surface area contributed by atoms with Crippen molar-refractivity contribution in [3.8, 4) is 11.1 Å². The number of nitrogens with two attached hydrogens (primary N) is 1. The predicted molar refractivity (Wildman–Crippen MR) is 116 cm³/mol. The maximum atomic E-state index is 13.3. The summed E-state index contributed by atoms with van der Waals surface area (Å²) in [5.41, 5.74) is 3.55. The largest absolute Gasteiger partial charge is 0.338 e. The van der Waals surface area contributed by atoms with Crippen LogP contribution >= 0.6 is 15.9 Å². The van der Waals surface area contributed by atoms with Gasteiger partial charge in [-0.2, -0.15) is 0 Å². The van der Waals surface area contributed by atoms with Gasteiger partial charge in [0, 0.05) is 5.56 Å². The van der Waals surface area contributed by atoms with Gasteiger partial charge in [0.15, 0.2) is 0 Å². The zero-order chi connectivity index (χ0) is 20.6. The second kappa shape index (κ2) is 7.55. The van der Waals surface area contributed by atoms with Crippen LogP contribution < -0.4 is 5.14 Å². The Hall–Kier alpha value is -2.81. The zero-order valence-corrected chi connectivity index (χ0v) is 17.3. The van der Waals surface area contributed by atoms with E-state index in [1.165, 1.54) is 12.1 Å². The number of imidazole rings is 1. The van der Waals surface area contributed by atoms with Gasteiger partial charge < -0.3 is 4.98 Å². The van der Waals surface area contributed by atoms with Gasteiger partial charge in [-0.05, 0) is 63.5 Å². The van der Waals surface area contributed by atoms with Crippen LogP contribution in [-0.4, -0.2) is 18.4 Å². The fourth-order valence-electron chi connectivity index (χ4n) is 3.02. The molecule has 0 amide bonds. The van der Waals surface area contributed by atoms with E-state index in [-0.39, 0.29) is 10.7 Å². The molecule has 0 aliphatic heterocycles. The van der Waals surface area contributed by atoms with E-state index in [2.05, 4.69) is 25.9 Å². The lowest BCUT2D eigenvalue weighted by atomic mass is 10.1. The monoisotopic (exact) mass is 471 g/mol.